The van der Waals surface area contributed by atoms with E-state index in [0.717, 1.165) is 23.5 Å². The van der Waals surface area contributed by atoms with Crippen molar-refractivity contribution in [3.63, 3.8) is 0 Å². The van der Waals surface area contributed by atoms with Crippen LogP contribution in [0.1, 0.15) is 32.9 Å². The van der Waals surface area contributed by atoms with Crippen LogP contribution in [0.25, 0.3) is 0 Å². The van der Waals surface area contributed by atoms with Gasteiger partial charge in [-0.3, -0.25) is 28.2 Å². The van der Waals surface area contributed by atoms with E-state index in [0.29, 0.717) is 0 Å². The second-order valence-electron chi connectivity index (χ2n) is 7.20. The predicted octanol–water partition coefficient (Wildman–Crippen LogP) is -0.113. The summed E-state index contributed by atoms with van der Waals surface area (Å²) < 4.78 is 35.5. The fraction of sp³-hybridized carbons (Fsp3) is 0.706. The molecule has 3 rings (SSSR count). The number of unbranched alkanes of at least 4 members (excludes halogenated alkanes) is 1. The van der Waals surface area contributed by atoms with Gasteiger partial charge < -0.3 is 14.6 Å². The molecule has 1 aromatic rings. The Morgan fingerprint density at radius 2 is 2.17 bits per heavy atom. The number of aromatic nitrogens is 2. The summed E-state index contributed by atoms with van der Waals surface area (Å²) in [6.45, 7) is 3.33. The molecule has 0 radical (unpaired) electrons. The van der Waals surface area contributed by atoms with Crippen LogP contribution < -0.4 is 16.3 Å². The van der Waals surface area contributed by atoms with Crippen LogP contribution in [0.15, 0.2) is 21.9 Å². The van der Waals surface area contributed by atoms with Crippen molar-refractivity contribution in [2.75, 3.05) is 19.8 Å². The zero-order chi connectivity index (χ0) is 21.9. The van der Waals surface area contributed by atoms with E-state index in [9.17, 15) is 24.1 Å². The minimum absolute atomic E-state index is 0.192. The summed E-state index contributed by atoms with van der Waals surface area (Å²) in [7, 11) is -3.85. The summed E-state index contributed by atoms with van der Waals surface area (Å²) in [6.07, 6.45) is -0.133. The number of ether oxygens (including phenoxy) is 2. The number of carbonyl (C=O) groups excluding carboxylic acids is 1. The minimum Gasteiger partial charge on any atom is -0.465 e. The Bertz CT molecular complexity index is 916. The molecule has 0 amide bonds. The highest BCUT2D eigenvalue weighted by Crippen LogP contribution is 2.50. The number of rotatable bonds is 7. The molecule has 13 heteroatoms. The molecule has 3 heterocycles. The van der Waals surface area contributed by atoms with Gasteiger partial charge in [-0.25, -0.2) is 14.4 Å². The number of hydrogen-bond donors (Lipinski definition) is 3. The number of H-pyrrole nitrogens is 1. The standard InChI is InChI=1S/C17H26N3O9P/c1-3-4-7-26-16(23)10(2)19-30(25)27-8-11-12(9-28-30)29-15(14(11)22)20-6-5-13(21)18-17(20)24/h5-6,10-12,14-15,22H,3-4,7-9H2,1-2H3,(H,19,25)(H,18,21,24)/t10?,11-,12-,14-,15-,30?/m1/s1. The fourth-order valence-electron chi connectivity index (χ4n) is 3.22. The number of nitrogens with one attached hydrogen (secondary N) is 2. The van der Waals surface area contributed by atoms with Crippen molar-refractivity contribution in [2.24, 2.45) is 5.92 Å². The molecule has 30 heavy (non-hydrogen) atoms. The van der Waals surface area contributed by atoms with Gasteiger partial charge in [-0.15, -0.1) is 0 Å². The van der Waals surface area contributed by atoms with Crippen molar-refractivity contribution in [1.82, 2.24) is 14.6 Å². The van der Waals surface area contributed by atoms with Crippen molar-refractivity contribution >= 4 is 13.7 Å². The summed E-state index contributed by atoms with van der Waals surface area (Å²) in [5, 5.41) is 13.1. The smallest absolute Gasteiger partial charge is 0.406 e. The largest absolute Gasteiger partial charge is 0.465 e. The van der Waals surface area contributed by atoms with Gasteiger partial charge in [0.15, 0.2) is 6.23 Å². The third-order valence-electron chi connectivity index (χ3n) is 4.94. The van der Waals surface area contributed by atoms with Gasteiger partial charge in [-0.2, -0.15) is 0 Å². The molecule has 0 aliphatic carbocycles. The molecule has 0 aromatic carbocycles. The molecular formula is C17H26N3O9P. The van der Waals surface area contributed by atoms with Gasteiger partial charge >= 0.3 is 19.4 Å². The van der Waals surface area contributed by atoms with Gasteiger partial charge in [0.25, 0.3) is 5.56 Å². The van der Waals surface area contributed by atoms with Crippen molar-refractivity contribution < 1.29 is 33.0 Å². The first-order valence-corrected chi connectivity index (χ1v) is 11.3. The summed E-state index contributed by atoms with van der Waals surface area (Å²) >= 11 is 0. The van der Waals surface area contributed by atoms with E-state index >= 15 is 0 Å². The van der Waals surface area contributed by atoms with Gasteiger partial charge in [-0.05, 0) is 13.3 Å². The van der Waals surface area contributed by atoms with Crippen molar-refractivity contribution in [3.8, 4) is 0 Å². The summed E-state index contributed by atoms with van der Waals surface area (Å²) in [4.78, 5) is 37.3. The summed E-state index contributed by atoms with van der Waals surface area (Å²) in [5.74, 6) is -1.22. The monoisotopic (exact) mass is 447 g/mol. The van der Waals surface area contributed by atoms with Crippen LogP contribution in [0, 0.1) is 5.92 Å². The Morgan fingerprint density at radius 3 is 2.87 bits per heavy atom. The van der Waals surface area contributed by atoms with E-state index in [1.807, 2.05) is 6.92 Å². The van der Waals surface area contributed by atoms with E-state index in [-0.39, 0.29) is 19.8 Å². The number of carbonyl (C=O) groups is 1. The van der Waals surface area contributed by atoms with E-state index in [1.54, 1.807) is 0 Å². The molecule has 6 atom stereocenters. The zero-order valence-electron chi connectivity index (χ0n) is 16.7. The molecule has 12 nitrogen and oxygen atoms in total. The number of aromatic amines is 1. The average molecular weight is 447 g/mol. The van der Waals surface area contributed by atoms with Crippen LogP contribution >= 0.6 is 7.75 Å². The van der Waals surface area contributed by atoms with Gasteiger partial charge in [0.1, 0.15) is 12.1 Å². The van der Waals surface area contributed by atoms with E-state index in [1.165, 1.54) is 13.1 Å². The average Bonchev–Trinajstić information content (AvgIpc) is 2.90. The highest BCUT2D eigenvalue weighted by molar-refractivity contribution is 7.51. The highest BCUT2D eigenvalue weighted by atomic mass is 31.2. The number of fused-ring (bicyclic) bond motifs is 1. The molecule has 0 saturated carbocycles. The molecule has 2 aliphatic rings. The first-order valence-electron chi connectivity index (χ1n) is 9.72. The molecule has 0 spiro atoms. The van der Waals surface area contributed by atoms with Crippen LogP contribution in [0.2, 0.25) is 0 Å². The third-order valence-corrected chi connectivity index (χ3v) is 6.62. The molecule has 168 valence electrons. The Hall–Kier alpha value is -1.82. The molecule has 0 bridgehead atoms. The lowest BCUT2D eigenvalue weighted by molar-refractivity contribution is -0.145. The van der Waals surface area contributed by atoms with Crippen LogP contribution in [0.3, 0.4) is 0 Å². The van der Waals surface area contributed by atoms with Crippen molar-refractivity contribution in [1.29, 1.82) is 0 Å². The Labute approximate surface area is 172 Å². The lowest BCUT2D eigenvalue weighted by Crippen LogP contribution is -2.37. The topological polar surface area (TPSA) is 158 Å². The minimum atomic E-state index is -3.85. The summed E-state index contributed by atoms with van der Waals surface area (Å²) in [6, 6.07) is 0.210. The van der Waals surface area contributed by atoms with Crippen molar-refractivity contribution in [3.05, 3.63) is 33.1 Å². The molecule has 2 aliphatic heterocycles. The maximum absolute atomic E-state index is 12.9. The number of esters is 1. The van der Waals surface area contributed by atoms with Gasteiger partial charge in [-0.1, -0.05) is 13.3 Å². The van der Waals surface area contributed by atoms with Crippen molar-refractivity contribution in [2.45, 2.75) is 51.2 Å². The molecular weight excluding hydrogens is 421 g/mol. The molecule has 2 fully saturated rings. The molecule has 2 saturated heterocycles. The van der Waals surface area contributed by atoms with Gasteiger partial charge in [0.05, 0.1) is 25.9 Å². The highest BCUT2D eigenvalue weighted by Gasteiger charge is 2.49. The predicted molar refractivity (Wildman–Crippen MR) is 103 cm³/mol. The number of nitrogens with zero attached hydrogens (tertiary/aromatic N) is 1. The third kappa shape index (κ3) is 5.08. The maximum atomic E-state index is 12.9. The summed E-state index contributed by atoms with van der Waals surface area (Å²) in [5.41, 5.74) is -1.30. The van der Waals surface area contributed by atoms with Gasteiger partial charge in [0, 0.05) is 18.2 Å². The fourth-order valence-corrected chi connectivity index (χ4v) is 4.73. The Kier molecular flexibility index (Phi) is 7.27. The van der Waals surface area contributed by atoms with E-state index in [4.69, 9.17) is 18.5 Å². The lowest BCUT2D eigenvalue weighted by Gasteiger charge is -2.22. The maximum Gasteiger partial charge on any atom is 0.406 e. The van der Waals surface area contributed by atoms with E-state index in [2.05, 4.69) is 10.1 Å². The second kappa shape index (κ2) is 9.54. The van der Waals surface area contributed by atoms with Gasteiger partial charge in [0.2, 0.25) is 0 Å². The number of hydrogen-bond acceptors (Lipinski definition) is 9. The quantitative estimate of drug-likeness (QED) is 0.292. The zero-order valence-corrected chi connectivity index (χ0v) is 17.6. The molecule has 1 aromatic heterocycles. The Balaban J connectivity index is 1.63. The lowest BCUT2D eigenvalue weighted by atomic mass is 9.99. The Morgan fingerprint density at radius 1 is 1.43 bits per heavy atom. The normalized spacial score (nSPS) is 32.2. The second-order valence-corrected chi connectivity index (χ2v) is 8.97. The van der Waals surface area contributed by atoms with Crippen LogP contribution in [0.5, 0.6) is 0 Å². The van der Waals surface area contributed by atoms with Crippen LogP contribution in [-0.4, -0.2) is 58.7 Å². The number of aliphatic hydroxyl groups is 1. The number of aliphatic hydroxyl groups excluding tert-OH is 1. The van der Waals surface area contributed by atoms with Crippen LogP contribution in [0.4, 0.5) is 0 Å². The first kappa shape index (κ1) is 22.9. The van der Waals surface area contributed by atoms with E-state index < -0.39 is 55.4 Å². The first-order chi connectivity index (χ1) is 14.2. The SMILES string of the molecule is CCCCOC(=O)C(C)NP1(=O)OC[C@H]2[C@@H](O)[C@H](n3ccc(=O)[nH]c3=O)O[C@@H]2CO1. The molecule has 2 unspecified atom stereocenters. The molecule has 3 N–H and O–H groups in total. The van der Waals surface area contributed by atoms with Crippen LogP contribution in [-0.2, 0) is 27.9 Å².